The van der Waals surface area contributed by atoms with Crippen molar-refractivity contribution in [3.8, 4) is 0 Å². The van der Waals surface area contributed by atoms with Crippen LogP contribution in [0.2, 0.25) is 18.1 Å². The lowest BCUT2D eigenvalue weighted by atomic mass is 9.95. The van der Waals surface area contributed by atoms with E-state index in [2.05, 4.69) is 30.7 Å². The molecule has 2 aromatic rings. The number of nitrogens with zero attached hydrogens (tertiary/aromatic N) is 3. The number of hydrogen-bond acceptors (Lipinski definition) is 14. The largest absolute Gasteiger partial charge is 0.475 e. The van der Waals surface area contributed by atoms with Crippen LogP contribution in [0.1, 0.15) is 40.2 Å². The number of rotatable bonds is 7. The fourth-order valence-corrected chi connectivity index (χ4v) is 8.60. The van der Waals surface area contributed by atoms with Gasteiger partial charge in [-0.3, -0.25) is 47.3 Å². The number of H-pyrrole nitrogens is 2. The zero-order valence-electron chi connectivity index (χ0n) is 29.5. The second-order valence-electron chi connectivity index (χ2n) is 14.1. The molecule has 2 saturated heterocycles. The maximum atomic E-state index is 14.4. The van der Waals surface area contributed by atoms with E-state index in [0.29, 0.717) is 0 Å². The van der Waals surface area contributed by atoms with Crippen molar-refractivity contribution < 1.29 is 41.5 Å². The Labute approximate surface area is 288 Å². The molecule has 1 unspecified atom stereocenters. The van der Waals surface area contributed by atoms with Crippen molar-refractivity contribution in [3.63, 3.8) is 0 Å². The van der Waals surface area contributed by atoms with Gasteiger partial charge in [0.2, 0.25) is 0 Å². The number of aliphatic imine (C=N–C) groups is 1. The van der Waals surface area contributed by atoms with Gasteiger partial charge in [0, 0.05) is 58.0 Å². The first-order valence-corrected chi connectivity index (χ1v) is 20.4. The smallest absolute Gasteiger partial charge is 0.408 e. The first-order chi connectivity index (χ1) is 23.4. The average molecular weight is 744 g/mol. The third-order valence-electron chi connectivity index (χ3n) is 9.86. The first-order valence-electron chi connectivity index (χ1n) is 16.1. The molecule has 2 fully saturated rings. The van der Waals surface area contributed by atoms with Gasteiger partial charge < -0.3 is 23.4 Å². The Morgan fingerprint density at radius 2 is 1.52 bits per heavy atom. The van der Waals surface area contributed by atoms with Crippen LogP contribution in [0.15, 0.2) is 48.7 Å². The molecular formula is C30H46N5O13PSi. The minimum atomic E-state index is -4.48. The number of aromatic nitrogens is 4. The Morgan fingerprint density at radius 1 is 0.940 bits per heavy atom. The molecule has 0 amide bonds. The highest BCUT2D eigenvalue weighted by Gasteiger charge is 2.61. The van der Waals surface area contributed by atoms with Crippen LogP contribution in [-0.2, 0) is 41.5 Å². The summed E-state index contributed by atoms with van der Waals surface area (Å²) in [5, 5.41) is -0.273. The van der Waals surface area contributed by atoms with Crippen molar-refractivity contribution in [2.75, 3.05) is 34.5 Å². The highest BCUT2D eigenvalue weighted by atomic mass is 31.2. The lowest BCUT2D eigenvalue weighted by Gasteiger charge is -2.43. The van der Waals surface area contributed by atoms with Crippen LogP contribution in [0.3, 0.4) is 0 Å². The highest BCUT2D eigenvalue weighted by Crippen LogP contribution is 2.56. The monoisotopic (exact) mass is 743 g/mol. The number of aromatic amines is 2. The molecular weight excluding hydrogens is 697 g/mol. The molecule has 278 valence electrons. The zero-order valence-corrected chi connectivity index (χ0v) is 31.4. The molecule has 0 radical (unpaired) electrons. The maximum absolute atomic E-state index is 14.4. The quantitative estimate of drug-likeness (QED) is 0.305. The minimum Gasteiger partial charge on any atom is -0.408 e. The topological polar surface area (TPSA) is 213 Å². The number of hydrogen-bond donors (Lipinski definition) is 2. The van der Waals surface area contributed by atoms with Gasteiger partial charge in [-0.1, -0.05) is 27.7 Å². The van der Waals surface area contributed by atoms with Crippen LogP contribution in [0.25, 0.3) is 0 Å². The number of nitrogens with one attached hydrogen (secondary N) is 2. The predicted molar refractivity (Wildman–Crippen MR) is 181 cm³/mol. The van der Waals surface area contributed by atoms with Gasteiger partial charge in [-0.15, -0.1) is 0 Å². The Bertz CT molecular complexity index is 1850. The molecule has 3 aliphatic heterocycles. The third-order valence-corrected chi connectivity index (χ3v) is 15.7. The van der Waals surface area contributed by atoms with Gasteiger partial charge in [0.05, 0.1) is 19.3 Å². The van der Waals surface area contributed by atoms with Crippen molar-refractivity contribution >= 4 is 22.4 Å². The van der Waals surface area contributed by atoms with Gasteiger partial charge in [0.15, 0.2) is 20.8 Å². The second-order valence-corrected chi connectivity index (χ2v) is 20.6. The van der Waals surface area contributed by atoms with Gasteiger partial charge in [0.1, 0.15) is 30.0 Å². The molecule has 1 spiro atoms. The van der Waals surface area contributed by atoms with E-state index in [4.69, 9.17) is 41.9 Å². The molecule has 0 aromatic carbocycles. The van der Waals surface area contributed by atoms with Crippen molar-refractivity contribution in [1.29, 1.82) is 0 Å². The summed E-state index contributed by atoms with van der Waals surface area (Å²) in [5.41, 5.74) is -4.19. The van der Waals surface area contributed by atoms with Crippen LogP contribution in [0.5, 0.6) is 0 Å². The molecule has 0 aliphatic carbocycles. The van der Waals surface area contributed by atoms with E-state index in [1.54, 1.807) is 13.1 Å². The fourth-order valence-electron chi connectivity index (χ4n) is 6.10. The molecule has 2 N–H and O–H groups in total. The lowest BCUT2D eigenvalue weighted by Crippen LogP contribution is -2.57. The maximum Gasteiger partial charge on any atom is 0.475 e. The number of fused-ring (bicyclic) bond motifs is 1. The van der Waals surface area contributed by atoms with Gasteiger partial charge in [-0.25, -0.2) is 14.2 Å². The first kappa shape index (κ1) is 38.4. The Balaban J connectivity index is 1.60. The van der Waals surface area contributed by atoms with Crippen molar-refractivity contribution in [1.82, 2.24) is 19.1 Å². The van der Waals surface area contributed by atoms with E-state index >= 15 is 0 Å². The molecule has 20 heteroatoms. The van der Waals surface area contributed by atoms with Crippen LogP contribution < -0.4 is 22.5 Å². The molecule has 5 heterocycles. The third kappa shape index (κ3) is 7.26. The summed E-state index contributed by atoms with van der Waals surface area (Å²) in [7, 11) is -3.12. The zero-order chi connectivity index (χ0) is 36.8. The van der Waals surface area contributed by atoms with Gasteiger partial charge in [-0.05, 0) is 18.1 Å². The average Bonchev–Trinajstić information content (AvgIpc) is 3.53. The molecule has 5 rings (SSSR count). The Kier molecular flexibility index (Phi) is 11.0. The van der Waals surface area contributed by atoms with E-state index < -0.39 is 99.7 Å². The molecule has 10 atom stereocenters. The van der Waals surface area contributed by atoms with E-state index in [0.717, 1.165) is 17.7 Å². The molecule has 0 bridgehead atoms. The summed E-state index contributed by atoms with van der Waals surface area (Å²) in [6, 6.07) is 2.35. The van der Waals surface area contributed by atoms with Crippen molar-refractivity contribution in [2.45, 2.75) is 94.4 Å². The van der Waals surface area contributed by atoms with Gasteiger partial charge in [-0.2, -0.15) is 0 Å². The van der Waals surface area contributed by atoms with Crippen molar-refractivity contribution in [3.05, 3.63) is 66.2 Å². The Hall–Kier alpha value is -2.84. The summed E-state index contributed by atoms with van der Waals surface area (Å²) in [5.74, 6) is -0.543. The summed E-state index contributed by atoms with van der Waals surface area (Å²) < 4.78 is 65.9. The number of phosphoric ester groups is 1. The van der Waals surface area contributed by atoms with Gasteiger partial charge >= 0.3 is 19.2 Å². The van der Waals surface area contributed by atoms with Crippen molar-refractivity contribution in [2.24, 2.45) is 10.9 Å². The van der Waals surface area contributed by atoms with E-state index in [1.807, 2.05) is 13.1 Å². The molecule has 2 aromatic heterocycles. The molecule has 3 aliphatic rings. The van der Waals surface area contributed by atoms with E-state index in [9.17, 15) is 23.7 Å². The summed E-state index contributed by atoms with van der Waals surface area (Å²) >= 11 is 0. The molecule has 18 nitrogen and oxygen atoms in total. The second kappa shape index (κ2) is 14.3. The summed E-state index contributed by atoms with van der Waals surface area (Å²) in [6.07, 6.45) is -2.92. The predicted octanol–water partition coefficient (Wildman–Crippen LogP) is 1.55. The number of ether oxygens (including phenoxy) is 4. The number of methoxy groups -OCH3 is 2. The molecule has 0 saturated carbocycles. The summed E-state index contributed by atoms with van der Waals surface area (Å²) in [6.45, 7) is 11.5. The van der Waals surface area contributed by atoms with Crippen LogP contribution in [0, 0.1) is 5.92 Å². The van der Waals surface area contributed by atoms with Crippen LogP contribution in [0.4, 0.5) is 0 Å². The Morgan fingerprint density at radius 3 is 2.04 bits per heavy atom. The van der Waals surface area contributed by atoms with E-state index in [1.165, 1.54) is 37.2 Å². The lowest BCUT2D eigenvalue weighted by molar-refractivity contribution is -0.122. The SMILES string of the molecule is CO[C@@H]1[C@@H]2OP(=O)(OC)OC[C@@]3(CN=C[C@H](C)[C@H]2O[C@H]1n1ccc(=O)[nH]c1=O)O[C@@H](n1ccc(=O)[nH]c1=O)[C@H](OC)[C@@H]3O[Si](C)(C)C(C)(C)C. The standard InChI is InChI=1S/C30H46N5O13PSi/c1-17-14-31-15-30(24(48-50(8,9)29(2,3)4)23(42-6)26(46-30)35-13-11-19(37)33-28(35)39)16-44-49(40,43-7)47-21-20(17)45-25(22(21)41-5)34-12-10-18(36)32-27(34)38/h10-14,17,20-26H,15-16H2,1-9H3,(H,32,36,38)(H,33,37,39)/t17-,20+,21+,22+,23+,24-,25+,26+,30+,49?/m0/s1. The fraction of sp³-hybridized carbons (Fsp3) is 0.700. The van der Waals surface area contributed by atoms with Crippen LogP contribution >= 0.6 is 7.82 Å². The van der Waals surface area contributed by atoms with Gasteiger partial charge in [0.25, 0.3) is 11.1 Å². The highest BCUT2D eigenvalue weighted by molar-refractivity contribution is 7.48. The molecule has 50 heavy (non-hydrogen) atoms. The number of phosphoric acid groups is 1. The van der Waals surface area contributed by atoms with E-state index in [-0.39, 0.29) is 11.6 Å². The minimum absolute atomic E-state index is 0.122. The summed E-state index contributed by atoms with van der Waals surface area (Å²) in [4.78, 5) is 58.7. The van der Waals surface area contributed by atoms with Crippen LogP contribution in [-0.4, -0.2) is 104 Å². The normalized spacial score (nSPS) is 35.2.